The van der Waals surface area contributed by atoms with Crippen molar-refractivity contribution in [3.63, 3.8) is 0 Å². The monoisotopic (exact) mass is 322 g/mol. The molecule has 1 saturated heterocycles. The van der Waals surface area contributed by atoms with Crippen molar-refractivity contribution in [1.82, 2.24) is 9.97 Å². The second-order valence-electron chi connectivity index (χ2n) is 5.14. The van der Waals surface area contributed by atoms with Gasteiger partial charge < -0.3 is 10.2 Å². The number of rotatable bonds is 3. The van der Waals surface area contributed by atoms with Gasteiger partial charge in [0.05, 0.1) is 10.0 Å². The van der Waals surface area contributed by atoms with Crippen molar-refractivity contribution in [2.45, 2.75) is 19.8 Å². The van der Waals surface area contributed by atoms with E-state index in [9.17, 15) is 0 Å². The first-order valence-corrected chi connectivity index (χ1v) is 7.70. The van der Waals surface area contributed by atoms with Crippen molar-refractivity contribution in [3.8, 4) is 0 Å². The van der Waals surface area contributed by atoms with Crippen molar-refractivity contribution >= 4 is 40.7 Å². The number of nitrogens with one attached hydrogen (secondary N) is 1. The summed E-state index contributed by atoms with van der Waals surface area (Å²) < 4.78 is 0. The number of anilines is 3. The average molecular weight is 323 g/mol. The predicted octanol–water partition coefficient (Wildman–Crippen LogP) is 4.44. The first-order chi connectivity index (χ1) is 10.1. The molecule has 2 heterocycles. The van der Waals surface area contributed by atoms with Gasteiger partial charge in [-0.3, -0.25) is 0 Å². The van der Waals surface area contributed by atoms with Gasteiger partial charge in [-0.15, -0.1) is 0 Å². The molecule has 21 heavy (non-hydrogen) atoms. The van der Waals surface area contributed by atoms with Crippen LogP contribution in [0.4, 0.5) is 17.5 Å². The molecule has 1 aliphatic rings. The third kappa shape index (κ3) is 3.39. The summed E-state index contributed by atoms with van der Waals surface area (Å²) in [4.78, 5) is 11.3. The molecule has 0 saturated carbocycles. The molecule has 6 heteroatoms. The molecule has 0 aliphatic carbocycles. The summed E-state index contributed by atoms with van der Waals surface area (Å²) in [6.07, 6.45) is 2.44. The Morgan fingerprint density at radius 2 is 1.81 bits per heavy atom. The quantitative estimate of drug-likeness (QED) is 0.907. The minimum Gasteiger partial charge on any atom is -0.356 e. The summed E-state index contributed by atoms with van der Waals surface area (Å²) in [6.45, 7) is 4.09. The van der Waals surface area contributed by atoms with Gasteiger partial charge in [0.15, 0.2) is 0 Å². The first kappa shape index (κ1) is 14.4. The summed E-state index contributed by atoms with van der Waals surface area (Å²) in [7, 11) is 0. The maximum absolute atomic E-state index is 6.03. The molecule has 4 nitrogen and oxygen atoms in total. The molecule has 1 fully saturated rings. The maximum atomic E-state index is 6.03. The molecule has 3 rings (SSSR count). The molecule has 1 aromatic heterocycles. The van der Waals surface area contributed by atoms with Crippen molar-refractivity contribution in [3.05, 3.63) is 40.0 Å². The van der Waals surface area contributed by atoms with Crippen LogP contribution >= 0.6 is 23.2 Å². The number of nitrogens with zero attached hydrogens (tertiary/aromatic N) is 3. The Balaban J connectivity index is 1.85. The normalized spacial score (nSPS) is 14.5. The van der Waals surface area contributed by atoms with Crippen LogP contribution in [0.2, 0.25) is 10.0 Å². The summed E-state index contributed by atoms with van der Waals surface area (Å²) in [6, 6.07) is 7.40. The van der Waals surface area contributed by atoms with Crippen LogP contribution in [-0.2, 0) is 0 Å². The van der Waals surface area contributed by atoms with Gasteiger partial charge >= 0.3 is 0 Å². The number of benzene rings is 1. The fraction of sp³-hybridized carbons (Fsp3) is 0.333. The van der Waals surface area contributed by atoms with Gasteiger partial charge in [-0.1, -0.05) is 23.2 Å². The number of halogens is 2. The van der Waals surface area contributed by atoms with Crippen molar-refractivity contribution in [1.29, 1.82) is 0 Å². The largest absolute Gasteiger partial charge is 0.356 e. The molecule has 0 atom stereocenters. The van der Waals surface area contributed by atoms with Crippen molar-refractivity contribution in [2.75, 3.05) is 23.3 Å². The highest BCUT2D eigenvalue weighted by atomic mass is 35.5. The van der Waals surface area contributed by atoms with E-state index < -0.39 is 0 Å². The van der Waals surface area contributed by atoms with E-state index >= 15 is 0 Å². The van der Waals surface area contributed by atoms with Crippen LogP contribution in [0.1, 0.15) is 18.5 Å². The predicted molar refractivity (Wildman–Crippen MR) is 88.0 cm³/mol. The van der Waals surface area contributed by atoms with E-state index in [0.717, 1.165) is 30.3 Å². The number of aryl methyl sites for hydroxylation is 1. The van der Waals surface area contributed by atoms with E-state index in [-0.39, 0.29) is 0 Å². The molecule has 0 amide bonds. The highest BCUT2D eigenvalue weighted by molar-refractivity contribution is 6.42. The van der Waals surface area contributed by atoms with Gasteiger partial charge in [-0.25, -0.2) is 4.98 Å². The second kappa shape index (κ2) is 6.08. The third-order valence-corrected chi connectivity index (χ3v) is 4.19. The van der Waals surface area contributed by atoms with Gasteiger partial charge in [0.25, 0.3) is 0 Å². The molecule has 0 radical (unpaired) electrons. The molecule has 1 N–H and O–H groups in total. The van der Waals surface area contributed by atoms with E-state index in [1.54, 1.807) is 12.1 Å². The molecule has 110 valence electrons. The van der Waals surface area contributed by atoms with Crippen LogP contribution in [0.15, 0.2) is 24.3 Å². The van der Waals surface area contributed by atoms with E-state index in [4.69, 9.17) is 23.2 Å². The summed E-state index contributed by atoms with van der Waals surface area (Å²) >= 11 is 11.9. The smallest absolute Gasteiger partial charge is 0.229 e. The minimum atomic E-state index is 0.508. The number of aromatic nitrogens is 2. The Morgan fingerprint density at radius 1 is 1.05 bits per heavy atom. The molecule has 1 aliphatic heterocycles. The Bertz CT molecular complexity index is 654. The fourth-order valence-electron chi connectivity index (χ4n) is 2.42. The van der Waals surface area contributed by atoms with Gasteiger partial charge in [0.2, 0.25) is 5.95 Å². The van der Waals surface area contributed by atoms with Crippen LogP contribution < -0.4 is 10.2 Å². The Morgan fingerprint density at radius 3 is 2.52 bits per heavy atom. The van der Waals surface area contributed by atoms with E-state index in [1.807, 2.05) is 19.1 Å². The number of hydrogen-bond acceptors (Lipinski definition) is 4. The molecular formula is C15H16Cl2N4. The zero-order chi connectivity index (χ0) is 14.8. The Kier molecular flexibility index (Phi) is 4.17. The summed E-state index contributed by atoms with van der Waals surface area (Å²) in [5, 5.41) is 4.23. The van der Waals surface area contributed by atoms with Crippen LogP contribution in [0, 0.1) is 6.92 Å². The second-order valence-corrected chi connectivity index (χ2v) is 5.95. The molecule has 0 spiro atoms. The minimum absolute atomic E-state index is 0.508. The van der Waals surface area contributed by atoms with Gasteiger partial charge in [-0.05, 0) is 38.0 Å². The lowest BCUT2D eigenvalue weighted by molar-refractivity contribution is 0.923. The zero-order valence-corrected chi connectivity index (χ0v) is 13.2. The van der Waals surface area contributed by atoms with Crippen LogP contribution in [0.5, 0.6) is 0 Å². The lowest BCUT2D eigenvalue weighted by Gasteiger charge is -2.17. The zero-order valence-electron chi connectivity index (χ0n) is 11.7. The maximum Gasteiger partial charge on any atom is 0.229 e. The summed E-state index contributed by atoms with van der Waals surface area (Å²) in [5.41, 5.74) is 1.76. The average Bonchev–Trinajstić information content (AvgIpc) is 2.96. The molecule has 2 aromatic rings. The highest BCUT2D eigenvalue weighted by Gasteiger charge is 2.15. The van der Waals surface area contributed by atoms with E-state index in [0.29, 0.717) is 16.0 Å². The molecule has 0 bridgehead atoms. The Hall–Kier alpha value is -1.52. The first-order valence-electron chi connectivity index (χ1n) is 6.94. The van der Waals surface area contributed by atoms with Crippen molar-refractivity contribution < 1.29 is 0 Å². The molecular weight excluding hydrogens is 307 g/mol. The lowest BCUT2D eigenvalue weighted by atomic mass is 10.3. The van der Waals surface area contributed by atoms with E-state index in [1.165, 1.54) is 12.8 Å². The van der Waals surface area contributed by atoms with Crippen LogP contribution in [0.3, 0.4) is 0 Å². The third-order valence-electron chi connectivity index (χ3n) is 3.45. The standard InChI is InChI=1S/C15H16Cl2N4/c1-10-8-14(21-6-2-3-7-21)20-15(18-10)19-11-4-5-12(16)13(17)9-11/h4-5,8-9H,2-3,6-7H2,1H3,(H,18,19,20). The lowest BCUT2D eigenvalue weighted by Crippen LogP contribution is -2.19. The SMILES string of the molecule is Cc1cc(N2CCCC2)nc(Nc2ccc(Cl)c(Cl)c2)n1. The number of hydrogen-bond donors (Lipinski definition) is 1. The van der Waals surface area contributed by atoms with E-state index in [2.05, 4.69) is 20.2 Å². The van der Waals surface area contributed by atoms with Crippen LogP contribution in [0.25, 0.3) is 0 Å². The highest BCUT2D eigenvalue weighted by Crippen LogP contribution is 2.27. The topological polar surface area (TPSA) is 41.1 Å². The molecule has 0 unspecified atom stereocenters. The van der Waals surface area contributed by atoms with Crippen molar-refractivity contribution in [2.24, 2.45) is 0 Å². The Labute approximate surface area is 134 Å². The van der Waals surface area contributed by atoms with Gasteiger partial charge in [-0.2, -0.15) is 4.98 Å². The molecule has 1 aromatic carbocycles. The van der Waals surface area contributed by atoms with Gasteiger partial charge in [0, 0.05) is 30.5 Å². The van der Waals surface area contributed by atoms with Gasteiger partial charge in [0.1, 0.15) is 5.82 Å². The summed E-state index contributed by atoms with van der Waals surface area (Å²) in [5.74, 6) is 1.55. The van der Waals surface area contributed by atoms with Crippen LogP contribution in [-0.4, -0.2) is 23.1 Å². The fourth-order valence-corrected chi connectivity index (χ4v) is 2.72.